The van der Waals surface area contributed by atoms with E-state index < -0.39 is 5.97 Å². The summed E-state index contributed by atoms with van der Waals surface area (Å²) in [5.41, 5.74) is 2.48. The molecule has 0 aliphatic heterocycles. The van der Waals surface area contributed by atoms with Gasteiger partial charge >= 0.3 is 5.97 Å². The molecular formula is C18H14N2O3S. The molecule has 1 amide bonds. The lowest BCUT2D eigenvalue weighted by Gasteiger charge is -2.05. The Kier molecular flexibility index (Phi) is 4.67. The lowest BCUT2D eigenvalue weighted by Crippen LogP contribution is -2.12. The van der Waals surface area contributed by atoms with E-state index in [2.05, 4.69) is 10.3 Å². The molecule has 0 aliphatic rings. The highest BCUT2D eigenvalue weighted by Crippen LogP contribution is 2.23. The zero-order valence-corrected chi connectivity index (χ0v) is 13.4. The van der Waals surface area contributed by atoms with Gasteiger partial charge in [0.05, 0.1) is 6.42 Å². The number of thiazole rings is 1. The molecule has 2 N–H and O–H groups in total. The van der Waals surface area contributed by atoms with E-state index in [4.69, 9.17) is 5.11 Å². The van der Waals surface area contributed by atoms with Crippen LogP contribution >= 0.6 is 11.3 Å². The molecule has 1 aromatic heterocycles. The molecule has 0 saturated carbocycles. The quantitative estimate of drug-likeness (QED) is 0.743. The molecule has 3 rings (SSSR count). The van der Waals surface area contributed by atoms with Gasteiger partial charge in [-0.2, -0.15) is 0 Å². The van der Waals surface area contributed by atoms with Gasteiger partial charge in [-0.25, -0.2) is 4.98 Å². The Hall–Kier alpha value is -2.99. The first-order valence-corrected chi connectivity index (χ1v) is 8.13. The van der Waals surface area contributed by atoms with Crippen LogP contribution in [-0.2, 0) is 11.2 Å². The van der Waals surface area contributed by atoms with Crippen molar-refractivity contribution >= 4 is 28.9 Å². The third-order valence-corrected chi connectivity index (χ3v) is 4.19. The molecule has 24 heavy (non-hydrogen) atoms. The first-order valence-electron chi connectivity index (χ1n) is 7.25. The fourth-order valence-corrected chi connectivity index (χ4v) is 3.03. The smallest absolute Gasteiger partial charge is 0.307 e. The summed E-state index contributed by atoms with van der Waals surface area (Å²) in [5.74, 6) is -1.23. The van der Waals surface area contributed by atoms with Crippen molar-refractivity contribution in [1.82, 2.24) is 4.98 Å². The predicted octanol–water partition coefficient (Wildman–Crippen LogP) is 3.69. The number of nitrogens with zero attached hydrogens (tertiary/aromatic N) is 1. The van der Waals surface area contributed by atoms with E-state index in [1.54, 1.807) is 29.6 Å². The van der Waals surface area contributed by atoms with Crippen molar-refractivity contribution in [2.75, 3.05) is 5.32 Å². The monoisotopic (exact) mass is 338 g/mol. The fourth-order valence-electron chi connectivity index (χ4n) is 2.22. The molecule has 0 radical (unpaired) electrons. The minimum absolute atomic E-state index is 0.0848. The number of aromatic nitrogens is 1. The average Bonchev–Trinajstić information content (AvgIpc) is 3.05. The van der Waals surface area contributed by atoms with E-state index in [1.165, 1.54) is 11.3 Å². The molecule has 3 aromatic rings. The molecule has 120 valence electrons. The van der Waals surface area contributed by atoms with E-state index in [-0.39, 0.29) is 12.3 Å². The Balaban J connectivity index is 1.74. The van der Waals surface area contributed by atoms with Crippen molar-refractivity contribution < 1.29 is 14.7 Å². The van der Waals surface area contributed by atoms with Crippen LogP contribution in [0.2, 0.25) is 0 Å². The molecule has 0 saturated heterocycles. The van der Waals surface area contributed by atoms with Crippen LogP contribution in [-0.4, -0.2) is 22.0 Å². The standard InChI is InChI=1S/C18H14N2O3S/c21-16(22)10-12-5-4-8-14(9-12)19-17(23)15-11-24-18(20-15)13-6-2-1-3-7-13/h1-9,11H,10H2,(H,19,23)(H,21,22). The van der Waals surface area contributed by atoms with E-state index in [0.717, 1.165) is 10.6 Å². The Morgan fingerprint density at radius 3 is 2.62 bits per heavy atom. The first-order chi connectivity index (χ1) is 11.6. The number of carboxylic acid groups (broad SMARTS) is 1. The number of aliphatic carboxylic acids is 1. The number of carboxylic acids is 1. The van der Waals surface area contributed by atoms with Gasteiger partial charge in [-0.1, -0.05) is 42.5 Å². The minimum Gasteiger partial charge on any atom is -0.481 e. The van der Waals surface area contributed by atoms with Crippen LogP contribution < -0.4 is 5.32 Å². The number of carbonyl (C=O) groups is 2. The highest BCUT2D eigenvalue weighted by molar-refractivity contribution is 7.13. The molecule has 0 aliphatic carbocycles. The highest BCUT2D eigenvalue weighted by Gasteiger charge is 2.12. The Labute approximate surface area is 142 Å². The van der Waals surface area contributed by atoms with Crippen molar-refractivity contribution in [2.45, 2.75) is 6.42 Å². The van der Waals surface area contributed by atoms with Gasteiger partial charge < -0.3 is 10.4 Å². The molecule has 0 unspecified atom stereocenters. The van der Waals surface area contributed by atoms with Crippen LogP contribution in [0.25, 0.3) is 10.6 Å². The molecule has 0 spiro atoms. The van der Waals surface area contributed by atoms with Crippen LogP contribution in [0.4, 0.5) is 5.69 Å². The molecule has 1 heterocycles. The van der Waals surface area contributed by atoms with Gasteiger partial charge in [0.25, 0.3) is 5.91 Å². The van der Waals surface area contributed by atoms with Crippen molar-refractivity contribution in [3.63, 3.8) is 0 Å². The summed E-state index contributed by atoms with van der Waals surface area (Å²) in [7, 11) is 0. The second-order valence-corrected chi connectivity index (χ2v) is 5.99. The SMILES string of the molecule is O=C(O)Cc1cccc(NC(=O)c2csc(-c3ccccc3)n2)c1. The van der Waals surface area contributed by atoms with Crippen LogP contribution in [0.1, 0.15) is 16.1 Å². The van der Waals surface area contributed by atoms with Crippen molar-refractivity contribution in [1.29, 1.82) is 0 Å². The normalized spacial score (nSPS) is 10.3. The zero-order chi connectivity index (χ0) is 16.9. The number of benzene rings is 2. The number of anilines is 1. The Morgan fingerprint density at radius 2 is 1.88 bits per heavy atom. The maximum absolute atomic E-state index is 12.3. The van der Waals surface area contributed by atoms with E-state index in [1.807, 2.05) is 30.3 Å². The van der Waals surface area contributed by atoms with Crippen LogP contribution in [0, 0.1) is 0 Å². The topological polar surface area (TPSA) is 79.3 Å². The largest absolute Gasteiger partial charge is 0.481 e. The summed E-state index contributed by atoms with van der Waals surface area (Å²) in [4.78, 5) is 27.4. The molecule has 5 nitrogen and oxygen atoms in total. The number of amides is 1. The number of hydrogen-bond acceptors (Lipinski definition) is 4. The van der Waals surface area contributed by atoms with Crippen LogP contribution in [0.5, 0.6) is 0 Å². The molecule has 2 aromatic carbocycles. The van der Waals surface area contributed by atoms with Crippen molar-refractivity contribution in [2.24, 2.45) is 0 Å². The van der Waals surface area contributed by atoms with Gasteiger partial charge in [-0.3, -0.25) is 9.59 Å². The van der Waals surface area contributed by atoms with Crippen molar-refractivity contribution in [3.8, 4) is 10.6 Å². The molecule has 0 bridgehead atoms. The number of hydrogen-bond donors (Lipinski definition) is 2. The van der Waals surface area contributed by atoms with Crippen LogP contribution in [0.15, 0.2) is 60.0 Å². The van der Waals surface area contributed by atoms with Gasteiger partial charge in [0.15, 0.2) is 0 Å². The summed E-state index contributed by atoms with van der Waals surface area (Å²) < 4.78 is 0. The number of carbonyl (C=O) groups excluding carboxylic acids is 1. The summed E-state index contributed by atoms with van der Waals surface area (Å²) in [6, 6.07) is 16.4. The lowest BCUT2D eigenvalue weighted by atomic mass is 10.1. The number of nitrogens with one attached hydrogen (secondary N) is 1. The van der Waals surface area contributed by atoms with E-state index in [9.17, 15) is 9.59 Å². The second kappa shape index (κ2) is 7.06. The molecule has 0 atom stereocenters. The van der Waals surface area contributed by atoms with Gasteiger partial charge in [0, 0.05) is 16.6 Å². The predicted molar refractivity (Wildman–Crippen MR) is 93.3 cm³/mol. The molecular weight excluding hydrogens is 324 g/mol. The van der Waals surface area contributed by atoms with Crippen LogP contribution in [0.3, 0.4) is 0 Å². The fraction of sp³-hybridized carbons (Fsp3) is 0.0556. The zero-order valence-electron chi connectivity index (χ0n) is 12.6. The summed E-state index contributed by atoms with van der Waals surface area (Å²) in [6.07, 6.45) is -0.0848. The van der Waals surface area contributed by atoms with Crippen molar-refractivity contribution in [3.05, 3.63) is 71.2 Å². The Morgan fingerprint density at radius 1 is 1.08 bits per heavy atom. The van der Waals surface area contributed by atoms with Gasteiger partial charge in [0.1, 0.15) is 10.7 Å². The summed E-state index contributed by atoms with van der Waals surface area (Å²) in [6.45, 7) is 0. The second-order valence-electron chi connectivity index (χ2n) is 5.13. The third kappa shape index (κ3) is 3.85. The van der Waals surface area contributed by atoms with Gasteiger partial charge in [0.2, 0.25) is 0 Å². The molecule has 6 heteroatoms. The minimum atomic E-state index is -0.912. The van der Waals surface area contributed by atoms with E-state index >= 15 is 0 Å². The Bertz CT molecular complexity index is 875. The lowest BCUT2D eigenvalue weighted by molar-refractivity contribution is -0.136. The summed E-state index contributed by atoms with van der Waals surface area (Å²) >= 11 is 1.40. The molecule has 0 fully saturated rings. The maximum Gasteiger partial charge on any atom is 0.307 e. The third-order valence-electron chi connectivity index (χ3n) is 3.30. The van der Waals surface area contributed by atoms with E-state index in [0.29, 0.717) is 16.9 Å². The average molecular weight is 338 g/mol. The summed E-state index contributed by atoms with van der Waals surface area (Å²) in [5, 5.41) is 14.1. The van der Waals surface area contributed by atoms with Gasteiger partial charge in [-0.05, 0) is 17.7 Å². The highest BCUT2D eigenvalue weighted by atomic mass is 32.1. The maximum atomic E-state index is 12.3. The number of rotatable bonds is 5. The first kappa shape index (κ1) is 15.9. The van der Waals surface area contributed by atoms with Gasteiger partial charge in [-0.15, -0.1) is 11.3 Å².